The van der Waals surface area contributed by atoms with Gasteiger partial charge in [0.05, 0.1) is 0 Å². The molecule has 1 aliphatic rings. The summed E-state index contributed by atoms with van der Waals surface area (Å²) in [5.74, 6) is -0.414. The molecule has 3 heteroatoms. The zero-order chi connectivity index (χ0) is 13.0. The molecule has 2 atom stereocenters. The molecule has 94 valence electrons. The van der Waals surface area contributed by atoms with E-state index in [2.05, 4.69) is 6.58 Å². The summed E-state index contributed by atoms with van der Waals surface area (Å²) < 4.78 is 5.18. The summed E-state index contributed by atoms with van der Waals surface area (Å²) in [5, 5.41) is 0. The number of hydrogen-bond acceptors (Lipinski definition) is 3. The number of Topliss-reactive ketones (excluding diaryl/α,β-unsaturated/α-hetero) is 1. The second kappa shape index (κ2) is 5.63. The predicted octanol–water partition coefficient (Wildman–Crippen LogP) is 2.62. The summed E-state index contributed by atoms with van der Waals surface area (Å²) in [4.78, 5) is 23.1. The van der Waals surface area contributed by atoms with Crippen LogP contribution in [0.3, 0.4) is 0 Å². The Morgan fingerprint density at radius 3 is 2.61 bits per heavy atom. The SMILES string of the molecule is C=CC1CC(c2ccccc2)CC(=O)CC(=O)O1. The van der Waals surface area contributed by atoms with Crippen LogP contribution in [0.2, 0.25) is 0 Å². The standard InChI is InChI=1S/C15H16O3/c1-2-14-9-12(11-6-4-3-5-7-11)8-13(16)10-15(17)18-14/h2-7,12,14H,1,8-10H2. The van der Waals surface area contributed by atoms with E-state index in [4.69, 9.17) is 4.74 Å². The lowest BCUT2D eigenvalue weighted by atomic mass is 9.87. The van der Waals surface area contributed by atoms with E-state index >= 15 is 0 Å². The van der Waals surface area contributed by atoms with E-state index in [1.54, 1.807) is 6.08 Å². The molecule has 1 aromatic rings. The fraction of sp³-hybridized carbons (Fsp3) is 0.333. The fourth-order valence-electron chi connectivity index (χ4n) is 2.25. The smallest absolute Gasteiger partial charge is 0.313 e. The van der Waals surface area contributed by atoms with Crippen molar-refractivity contribution >= 4 is 11.8 Å². The van der Waals surface area contributed by atoms with E-state index in [1.807, 2.05) is 30.3 Å². The van der Waals surface area contributed by atoms with Crippen molar-refractivity contribution in [2.75, 3.05) is 0 Å². The molecular formula is C15H16O3. The number of hydrogen-bond donors (Lipinski definition) is 0. The third-order valence-corrected chi connectivity index (χ3v) is 3.15. The predicted molar refractivity (Wildman–Crippen MR) is 68.1 cm³/mol. The highest BCUT2D eigenvalue weighted by Crippen LogP contribution is 2.29. The third-order valence-electron chi connectivity index (χ3n) is 3.15. The van der Waals surface area contributed by atoms with Crippen LogP contribution in [0.15, 0.2) is 43.0 Å². The van der Waals surface area contributed by atoms with Crippen LogP contribution in [0.5, 0.6) is 0 Å². The molecule has 1 aliphatic heterocycles. The van der Waals surface area contributed by atoms with Gasteiger partial charge in [0.1, 0.15) is 18.3 Å². The highest BCUT2D eigenvalue weighted by Gasteiger charge is 2.26. The van der Waals surface area contributed by atoms with Gasteiger partial charge in [0.2, 0.25) is 0 Å². The molecule has 0 bridgehead atoms. The number of rotatable bonds is 2. The Morgan fingerprint density at radius 2 is 1.94 bits per heavy atom. The van der Waals surface area contributed by atoms with Crippen molar-refractivity contribution in [3.05, 3.63) is 48.6 Å². The summed E-state index contributed by atoms with van der Waals surface area (Å²) in [5.41, 5.74) is 1.11. The first-order valence-corrected chi connectivity index (χ1v) is 6.07. The number of ketones is 1. The van der Waals surface area contributed by atoms with Crippen molar-refractivity contribution in [1.82, 2.24) is 0 Å². The largest absolute Gasteiger partial charge is 0.458 e. The molecule has 1 saturated heterocycles. The zero-order valence-electron chi connectivity index (χ0n) is 10.2. The van der Waals surface area contributed by atoms with Crippen molar-refractivity contribution in [1.29, 1.82) is 0 Å². The number of carbonyl (C=O) groups excluding carboxylic acids is 2. The van der Waals surface area contributed by atoms with Crippen molar-refractivity contribution in [2.45, 2.75) is 31.3 Å². The average Bonchev–Trinajstić information content (AvgIpc) is 2.35. The normalized spacial score (nSPS) is 24.9. The Labute approximate surface area is 106 Å². The quantitative estimate of drug-likeness (QED) is 0.456. The minimum absolute atomic E-state index is 0.0589. The molecule has 1 heterocycles. The minimum atomic E-state index is -0.448. The first-order valence-electron chi connectivity index (χ1n) is 6.07. The fourth-order valence-corrected chi connectivity index (χ4v) is 2.25. The van der Waals surface area contributed by atoms with Gasteiger partial charge in [0.25, 0.3) is 0 Å². The second-order valence-electron chi connectivity index (χ2n) is 4.53. The number of carbonyl (C=O) groups is 2. The summed E-state index contributed by atoms with van der Waals surface area (Å²) in [6.07, 6.45) is 2.20. The van der Waals surface area contributed by atoms with Gasteiger partial charge >= 0.3 is 5.97 Å². The van der Waals surface area contributed by atoms with Gasteiger partial charge in [-0.15, -0.1) is 0 Å². The molecule has 0 saturated carbocycles. The molecule has 0 radical (unpaired) electrons. The van der Waals surface area contributed by atoms with Gasteiger partial charge in [-0.1, -0.05) is 43.0 Å². The summed E-state index contributed by atoms with van der Waals surface area (Å²) in [7, 11) is 0. The highest BCUT2D eigenvalue weighted by atomic mass is 16.5. The Balaban J connectivity index is 2.20. The molecule has 1 fully saturated rings. The molecular weight excluding hydrogens is 228 g/mol. The van der Waals surface area contributed by atoms with Crippen molar-refractivity contribution in [3.63, 3.8) is 0 Å². The van der Waals surface area contributed by atoms with Crippen LogP contribution in [-0.2, 0) is 14.3 Å². The summed E-state index contributed by atoms with van der Waals surface area (Å²) in [6.45, 7) is 3.68. The summed E-state index contributed by atoms with van der Waals surface area (Å²) in [6, 6.07) is 9.85. The van der Waals surface area contributed by atoms with Gasteiger partial charge in [-0.25, -0.2) is 0 Å². The van der Waals surface area contributed by atoms with Crippen LogP contribution in [0, 0.1) is 0 Å². The Bertz CT molecular complexity index is 450. The molecule has 0 spiro atoms. The van der Waals surface area contributed by atoms with E-state index in [-0.39, 0.29) is 24.2 Å². The van der Waals surface area contributed by atoms with Crippen LogP contribution in [-0.4, -0.2) is 17.9 Å². The molecule has 2 rings (SSSR count). The van der Waals surface area contributed by atoms with Crippen LogP contribution in [0.25, 0.3) is 0 Å². The molecule has 0 N–H and O–H groups in total. The van der Waals surface area contributed by atoms with Gasteiger partial charge in [0, 0.05) is 6.42 Å². The lowest BCUT2D eigenvalue weighted by Gasteiger charge is -2.24. The average molecular weight is 244 g/mol. The Hall–Kier alpha value is -1.90. The molecule has 2 unspecified atom stereocenters. The van der Waals surface area contributed by atoms with E-state index in [9.17, 15) is 9.59 Å². The van der Waals surface area contributed by atoms with E-state index in [0.717, 1.165) is 5.56 Å². The monoisotopic (exact) mass is 244 g/mol. The van der Waals surface area contributed by atoms with Gasteiger partial charge < -0.3 is 4.74 Å². The third kappa shape index (κ3) is 3.06. The zero-order valence-corrected chi connectivity index (χ0v) is 10.2. The summed E-state index contributed by atoms with van der Waals surface area (Å²) >= 11 is 0. The van der Waals surface area contributed by atoms with Crippen LogP contribution in [0.4, 0.5) is 0 Å². The Morgan fingerprint density at radius 1 is 1.22 bits per heavy atom. The lowest BCUT2D eigenvalue weighted by Crippen LogP contribution is -2.25. The van der Waals surface area contributed by atoms with Gasteiger partial charge in [-0.2, -0.15) is 0 Å². The molecule has 0 aromatic heterocycles. The van der Waals surface area contributed by atoms with E-state index < -0.39 is 5.97 Å². The van der Waals surface area contributed by atoms with Crippen LogP contribution in [0.1, 0.15) is 30.7 Å². The van der Waals surface area contributed by atoms with Crippen molar-refractivity contribution < 1.29 is 14.3 Å². The molecule has 18 heavy (non-hydrogen) atoms. The molecule has 3 nitrogen and oxygen atoms in total. The van der Waals surface area contributed by atoms with E-state index in [1.165, 1.54) is 0 Å². The molecule has 0 amide bonds. The lowest BCUT2D eigenvalue weighted by molar-refractivity contribution is -0.150. The minimum Gasteiger partial charge on any atom is -0.458 e. The maximum absolute atomic E-state index is 11.7. The van der Waals surface area contributed by atoms with E-state index in [0.29, 0.717) is 12.8 Å². The number of cyclic esters (lactones) is 1. The number of ether oxygens (including phenoxy) is 1. The van der Waals surface area contributed by atoms with Gasteiger partial charge in [0.15, 0.2) is 0 Å². The van der Waals surface area contributed by atoms with Crippen LogP contribution < -0.4 is 0 Å². The molecule has 0 aliphatic carbocycles. The van der Waals surface area contributed by atoms with Gasteiger partial charge in [-0.3, -0.25) is 9.59 Å². The van der Waals surface area contributed by atoms with Crippen molar-refractivity contribution in [3.8, 4) is 0 Å². The van der Waals surface area contributed by atoms with Crippen LogP contribution >= 0.6 is 0 Å². The number of esters is 1. The number of benzene rings is 1. The molecule has 1 aromatic carbocycles. The maximum Gasteiger partial charge on any atom is 0.313 e. The second-order valence-corrected chi connectivity index (χ2v) is 4.53. The van der Waals surface area contributed by atoms with Crippen molar-refractivity contribution in [2.24, 2.45) is 0 Å². The maximum atomic E-state index is 11.7. The first kappa shape index (κ1) is 12.6. The topological polar surface area (TPSA) is 43.4 Å². The first-order chi connectivity index (χ1) is 8.69. The highest BCUT2D eigenvalue weighted by molar-refractivity contribution is 5.96. The van der Waals surface area contributed by atoms with Gasteiger partial charge in [-0.05, 0) is 17.9 Å². The Kier molecular flexibility index (Phi) is 3.92.